The van der Waals surface area contributed by atoms with Crippen molar-refractivity contribution in [1.82, 2.24) is 25.0 Å². The standard InChI is InChI=1S/C7H10N6O/c1-5(4-14)9-6-7-10-11-12-13(7)3-2-8-6/h2-3,5,14H,4H2,1H3,(H,8,9)/t5-/m0/s1. The number of aliphatic hydroxyl groups excluding tert-OH is 1. The molecule has 7 nitrogen and oxygen atoms in total. The Bertz CT molecular complexity index is 427. The number of hydrogen-bond donors (Lipinski definition) is 2. The molecule has 7 heteroatoms. The molecule has 74 valence electrons. The highest BCUT2D eigenvalue weighted by molar-refractivity contribution is 5.60. The predicted octanol–water partition coefficient (Wildman–Crippen LogP) is -0.688. The molecule has 0 fully saturated rings. The van der Waals surface area contributed by atoms with Crippen molar-refractivity contribution in [3.05, 3.63) is 12.4 Å². The summed E-state index contributed by atoms with van der Waals surface area (Å²) in [6, 6.07) is -0.0783. The highest BCUT2D eigenvalue weighted by Gasteiger charge is 2.07. The third-order valence-corrected chi connectivity index (χ3v) is 1.77. The van der Waals surface area contributed by atoms with Crippen LogP contribution in [0.1, 0.15) is 6.92 Å². The average molecular weight is 194 g/mol. The van der Waals surface area contributed by atoms with Crippen LogP contribution in [-0.2, 0) is 0 Å². The van der Waals surface area contributed by atoms with E-state index in [0.29, 0.717) is 11.5 Å². The van der Waals surface area contributed by atoms with E-state index < -0.39 is 0 Å². The summed E-state index contributed by atoms with van der Waals surface area (Å²) >= 11 is 0. The molecule has 0 aliphatic heterocycles. The van der Waals surface area contributed by atoms with Crippen molar-refractivity contribution >= 4 is 11.5 Å². The molecule has 0 bridgehead atoms. The smallest absolute Gasteiger partial charge is 0.221 e. The lowest BCUT2D eigenvalue weighted by molar-refractivity contribution is 0.281. The molecule has 2 aromatic heterocycles. The molecular weight excluding hydrogens is 184 g/mol. The quantitative estimate of drug-likeness (QED) is 0.672. The maximum Gasteiger partial charge on any atom is 0.221 e. The summed E-state index contributed by atoms with van der Waals surface area (Å²) in [5.41, 5.74) is 0.549. The maximum atomic E-state index is 8.87. The van der Waals surface area contributed by atoms with Crippen LogP contribution in [0.4, 0.5) is 5.82 Å². The van der Waals surface area contributed by atoms with Crippen LogP contribution in [0.5, 0.6) is 0 Å². The Morgan fingerprint density at radius 3 is 3.29 bits per heavy atom. The lowest BCUT2D eigenvalue weighted by Gasteiger charge is -2.10. The van der Waals surface area contributed by atoms with Crippen LogP contribution in [0.2, 0.25) is 0 Å². The van der Waals surface area contributed by atoms with Gasteiger partial charge in [-0.15, -0.1) is 5.10 Å². The number of tetrazole rings is 1. The molecule has 0 amide bonds. The largest absolute Gasteiger partial charge is 0.394 e. The number of rotatable bonds is 3. The monoisotopic (exact) mass is 194 g/mol. The van der Waals surface area contributed by atoms with Crippen molar-refractivity contribution in [1.29, 1.82) is 0 Å². The fourth-order valence-corrected chi connectivity index (χ4v) is 1.06. The SMILES string of the molecule is C[C@@H](CO)Nc1nccn2nnnc12. The minimum atomic E-state index is -0.0783. The zero-order valence-electron chi connectivity index (χ0n) is 7.62. The van der Waals surface area contributed by atoms with E-state index in [1.165, 1.54) is 4.52 Å². The molecule has 1 atom stereocenters. The summed E-state index contributed by atoms with van der Waals surface area (Å²) in [4.78, 5) is 4.08. The molecule has 0 unspecified atom stereocenters. The van der Waals surface area contributed by atoms with Crippen LogP contribution in [0.15, 0.2) is 12.4 Å². The molecule has 0 aromatic carbocycles. The zero-order valence-corrected chi connectivity index (χ0v) is 7.62. The van der Waals surface area contributed by atoms with Crippen molar-refractivity contribution in [2.45, 2.75) is 13.0 Å². The Morgan fingerprint density at radius 1 is 1.64 bits per heavy atom. The van der Waals surface area contributed by atoms with Crippen molar-refractivity contribution in [2.24, 2.45) is 0 Å². The predicted molar refractivity (Wildman–Crippen MR) is 48.7 cm³/mol. The van der Waals surface area contributed by atoms with Gasteiger partial charge in [-0.05, 0) is 17.4 Å². The third-order valence-electron chi connectivity index (χ3n) is 1.77. The molecular formula is C7H10N6O. The third kappa shape index (κ3) is 1.49. The first kappa shape index (κ1) is 8.82. The highest BCUT2D eigenvalue weighted by Crippen LogP contribution is 2.09. The number of hydrogen-bond acceptors (Lipinski definition) is 6. The molecule has 2 rings (SSSR count). The number of fused-ring (bicyclic) bond motifs is 1. The first-order valence-corrected chi connectivity index (χ1v) is 4.21. The molecule has 0 saturated carbocycles. The van der Waals surface area contributed by atoms with E-state index in [1.807, 2.05) is 6.92 Å². The van der Waals surface area contributed by atoms with Crippen molar-refractivity contribution < 1.29 is 5.11 Å². The van der Waals surface area contributed by atoms with E-state index >= 15 is 0 Å². The van der Waals surface area contributed by atoms with E-state index in [0.717, 1.165) is 0 Å². The summed E-state index contributed by atoms with van der Waals surface area (Å²) in [6.45, 7) is 1.87. The highest BCUT2D eigenvalue weighted by atomic mass is 16.3. The summed E-state index contributed by atoms with van der Waals surface area (Å²) in [7, 11) is 0. The molecule has 0 spiro atoms. The maximum absolute atomic E-state index is 8.87. The van der Waals surface area contributed by atoms with Crippen LogP contribution >= 0.6 is 0 Å². The second-order valence-electron chi connectivity index (χ2n) is 2.95. The molecule has 0 aliphatic rings. The van der Waals surface area contributed by atoms with Crippen LogP contribution in [0.25, 0.3) is 5.65 Å². The van der Waals surface area contributed by atoms with Crippen molar-refractivity contribution in [3.8, 4) is 0 Å². The summed E-state index contributed by atoms with van der Waals surface area (Å²) in [6.07, 6.45) is 3.25. The van der Waals surface area contributed by atoms with Gasteiger partial charge in [-0.2, -0.15) is 4.52 Å². The van der Waals surface area contributed by atoms with Crippen LogP contribution in [0.3, 0.4) is 0 Å². The van der Waals surface area contributed by atoms with E-state index in [-0.39, 0.29) is 12.6 Å². The lowest BCUT2D eigenvalue weighted by Crippen LogP contribution is -2.20. The van der Waals surface area contributed by atoms with Gasteiger partial charge in [0.25, 0.3) is 0 Å². The fourth-order valence-electron chi connectivity index (χ4n) is 1.06. The minimum absolute atomic E-state index is 0.0320. The van der Waals surface area contributed by atoms with E-state index in [1.54, 1.807) is 12.4 Å². The summed E-state index contributed by atoms with van der Waals surface area (Å²) in [5, 5.41) is 22.9. The molecule has 0 saturated heterocycles. The van der Waals surface area contributed by atoms with E-state index in [9.17, 15) is 0 Å². The van der Waals surface area contributed by atoms with Gasteiger partial charge in [0, 0.05) is 12.2 Å². The van der Waals surface area contributed by atoms with Gasteiger partial charge >= 0.3 is 0 Å². The van der Waals surface area contributed by atoms with E-state index in [4.69, 9.17) is 5.11 Å². The number of anilines is 1. The lowest BCUT2D eigenvalue weighted by atomic mass is 10.3. The Balaban J connectivity index is 2.36. The molecule has 2 aromatic rings. The van der Waals surface area contributed by atoms with Gasteiger partial charge in [-0.25, -0.2) is 4.98 Å². The average Bonchev–Trinajstić information content (AvgIpc) is 2.66. The minimum Gasteiger partial charge on any atom is -0.394 e. The topological polar surface area (TPSA) is 88.2 Å². The van der Waals surface area contributed by atoms with Gasteiger partial charge in [0.1, 0.15) is 0 Å². The Kier molecular flexibility index (Phi) is 2.23. The molecule has 0 radical (unpaired) electrons. The summed E-state index contributed by atoms with van der Waals surface area (Å²) in [5.74, 6) is 0.569. The van der Waals surface area contributed by atoms with Gasteiger partial charge in [-0.3, -0.25) is 0 Å². The second kappa shape index (κ2) is 3.54. The zero-order chi connectivity index (χ0) is 9.97. The second-order valence-corrected chi connectivity index (χ2v) is 2.95. The first-order chi connectivity index (χ1) is 6.81. The number of aromatic nitrogens is 5. The first-order valence-electron chi connectivity index (χ1n) is 4.21. The normalized spacial score (nSPS) is 13.0. The molecule has 0 aliphatic carbocycles. The Morgan fingerprint density at radius 2 is 2.50 bits per heavy atom. The van der Waals surface area contributed by atoms with Crippen molar-refractivity contribution in [3.63, 3.8) is 0 Å². The molecule has 2 N–H and O–H groups in total. The molecule has 14 heavy (non-hydrogen) atoms. The number of aliphatic hydroxyl groups is 1. The van der Waals surface area contributed by atoms with Crippen LogP contribution in [-0.4, -0.2) is 42.8 Å². The number of nitrogens with zero attached hydrogens (tertiary/aromatic N) is 5. The fraction of sp³-hybridized carbons (Fsp3) is 0.429. The number of nitrogens with one attached hydrogen (secondary N) is 1. The van der Waals surface area contributed by atoms with Crippen molar-refractivity contribution in [2.75, 3.05) is 11.9 Å². The van der Waals surface area contributed by atoms with Gasteiger partial charge in [0.05, 0.1) is 12.8 Å². The summed E-state index contributed by atoms with van der Waals surface area (Å²) < 4.78 is 1.51. The Hall–Kier alpha value is -1.76. The van der Waals surface area contributed by atoms with Gasteiger partial charge in [0.2, 0.25) is 5.65 Å². The van der Waals surface area contributed by atoms with Gasteiger partial charge < -0.3 is 10.4 Å². The van der Waals surface area contributed by atoms with Crippen LogP contribution < -0.4 is 5.32 Å². The molecule has 2 heterocycles. The van der Waals surface area contributed by atoms with Gasteiger partial charge in [-0.1, -0.05) is 0 Å². The van der Waals surface area contributed by atoms with Gasteiger partial charge in [0.15, 0.2) is 5.82 Å². The van der Waals surface area contributed by atoms with E-state index in [2.05, 4.69) is 25.8 Å². The van der Waals surface area contributed by atoms with Crippen LogP contribution in [0, 0.1) is 0 Å². The Labute approximate surface area is 79.8 Å².